The maximum Gasteiger partial charge on any atom is 0.326 e. The normalized spacial score (nSPS) is 15.3. The number of hydrogen-bond acceptors (Lipinski definition) is 7. The quantitative estimate of drug-likeness (QED) is 0.195. The SMILES string of the molecule is CCC(C)C(N)C(=O)NC(Cc1ccccc1)C(=O)NC(CO)C(=O)NC(CCSC)C(=O)O. The molecule has 190 valence electrons. The molecular formula is C23H36N4O6S. The predicted octanol–water partition coefficient (Wildman–Crippen LogP) is -0.113. The molecule has 1 rings (SSSR count). The molecule has 0 spiro atoms. The van der Waals surface area contributed by atoms with Gasteiger partial charge in [0.1, 0.15) is 18.1 Å². The number of carbonyl (C=O) groups is 4. The lowest BCUT2D eigenvalue weighted by atomic mass is 9.98. The highest BCUT2D eigenvalue weighted by Gasteiger charge is 2.30. The number of thioether (sulfide) groups is 1. The summed E-state index contributed by atoms with van der Waals surface area (Å²) in [5.41, 5.74) is 6.78. The number of amides is 3. The average molecular weight is 497 g/mol. The Morgan fingerprint density at radius 3 is 2.06 bits per heavy atom. The highest BCUT2D eigenvalue weighted by molar-refractivity contribution is 7.98. The fourth-order valence-corrected chi connectivity index (χ4v) is 3.54. The largest absolute Gasteiger partial charge is 0.480 e. The third-order valence-corrected chi connectivity index (χ3v) is 6.16. The van der Waals surface area contributed by atoms with Crippen LogP contribution in [0.15, 0.2) is 30.3 Å². The number of nitrogens with one attached hydrogen (secondary N) is 3. The van der Waals surface area contributed by atoms with E-state index in [2.05, 4.69) is 16.0 Å². The minimum absolute atomic E-state index is 0.106. The second-order valence-corrected chi connectivity index (χ2v) is 9.07. The van der Waals surface area contributed by atoms with Crippen LogP contribution in [0.2, 0.25) is 0 Å². The van der Waals surface area contributed by atoms with Crippen molar-refractivity contribution >= 4 is 35.5 Å². The Morgan fingerprint density at radius 2 is 1.53 bits per heavy atom. The first-order valence-corrected chi connectivity index (χ1v) is 12.6. The maximum absolute atomic E-state index is 13.0. The van der Waals surface area contributed by atoms with Crippen molar-refractivity contribution in [2.45, 2.75) is 57.3 Å². The Morgan fingerprint density at radius 1 is 0.971 bits per heavy atom. The molecule has 0 aromatic heterocycles. The smallest absolute Gasteiger partial charge is 0.326 e. The molecule has 0 aliphatic heterocycles. The minimum Gasteiger partial charge on any atom is -0.480 e. The molecule has 10 nitrogen and oxygen atoms in total. The molecule has 34 heavy (non-hydrogen) atoms. The number of aliphatic hydroxyl groups is 1. The van der Waals surface area contributed by atoms with Gasteiger partial charge < -0.3 is 31.9 Å². The molecule has 0 radical (unpaired) electrons. The summed E-state index contributed by atoms with van der Waals surface area (Å²) in [6.45, 7) is 2.99. The second-order valence-electron chi connectivity index (χ2n) is 8.09. The van der Waals surface area contributed by atoms with Crippen LogP contribution in [0, 0.1) is 5.92 Å². The first-order chi connectivity index (χ1) is 16.1. The highest BCUT2D eigenvalue weighted by atomic mass is 32.2. The van der Waals surface area contributed by atoms with Gasteiger partial charge in [-0.1, -0.05) is 50.6 Å². The fraction of sp³-hybridized carbons (Fsp3) is 0.565. The summed E-state index contributed by atoms with van der Waals surface area (Å²) in [4.78, 5) is 49.7. The van der Waals surface area contributed by atoms with Crippen LogP contribution in [0.3, 0.4) is 0 Å². The van der Waals surface area contributed by atoms with E-state index in [0.717, 1.165) is 5.56 Å². The van der Waals surface area contributed by atoms with Crippen LogP contribution in [0.4, 0.5) is 0 Å². The van der Waals surface area contributed by atoms with Gasteiger partial charge >= 0.3 is 5.97 Å². The van der Waals surface area contributed by atoms with Crippen molar-refractivity contribution in [1.29, 1.82) is 0 Å². The lowest BCUT2D eigenvalue weighted by molar-refractivity contribution is -0.142. The lowest BCUT2D eigenvalue weighted by Gasteiger charge is -2.25. The van der Waals surface area contributed by atoms with E-state index in [1.54, 1.807) is 24.3 Å². The van der Waals surface area contributed by atoms with Gasteiger partial charge in [-0.2, -0.15) is 11.8 Å². The first-order valence-electron chi connectivity index (χ1n) is 11.2. The number of hydrogen-bond donors (Lipinski definition) is 6. The Labute approximate surface area is 204 Å². The molecule has 11 heteroatoms. The van der Waals surface area contributed by atoms with E-state index in [-0.39, 0.29) is 18.8 Å². The molecule has 0 saturated carbocycles. The number of carboxylic acid groups (broad SMARTS) is 1. The standard InChI is InChI=1S/C23H36N4O6S/c1-4-14(2)19(24)22(31)26-17(12-15-8-6-5-7-9-15)20(29)27-18(13-28)21(30)25-16(23(32)33)10-11-34-3/h5-9,14,16-19,28H,4,10-13,24H2,1-3H3,(H,25,30)(H,26,31)(H,27,29)(H,32,33). The van der Waals surface area contributed by atoms with E-state index in [0.29, 0.717) is 12.2 Å². The summed E-state index contributed by atoms with van der Waals surface area (Å²) in [7, 11) is 0. The van der Waals surface area contributed by atoms with Crippen LogP contribution in [-0.4, -0.2) is 76.7 Å². The van der Waals surface area contributed by atoms with Crippen LogP contribution in [0.1, 0.15) is 32.3 Å². The lowest BCUT2D eigenvalue weighted by Crippen LogP contribution is -2.59. The van der Waals surface area contributed by atoms with Crippen molar-refractivity contribution in [2.75, 3.05) is 18.6 Å². The van der Waals surface area contributed by atoms with Gasteiger partial charge in [-0.3, -0.25) is 14.4 Å². The Bertz CT molecular complexity index is 810. The van der Waals surface area contributed by atoms with Gasteiger partial charge in [0, 0.05) is 6.42 Å². The van der Waals surface area contributed by atoms with E-state index in [9.17, 15) is 29.4 Å². The zero-order valence-electron chi connectivity index (χ0n) is 19.8. The molecule has 0 aliphatic carbocycles. The van der Waals surface area contributed by atoms with Gasteiger partial charge in [0.25, 0.3) is 0 Å². The number of aliphatic hydroxyl groups excluding tert-OH is 1. The summed E-state index contributed by atoms with van der Waals surface area (Å²) in [5.74, 6) is -2.83. The topological polar surface area (TPSA) is 171 Å². The number of nitrogens with two attached hydrogens (primary N) is 1. The Kier molecular flexibility index (Phi) is 13.2. The van der Waals surface area contributed by atoms with Crippen LogP contribution in [-0.2, 0) is 25.6 Å². The van der Waals surface area contributed by atoms with E-state index in [4.69, 9.17) is 5.73 Å². The minimum atomic E-state index is -1.39. The molecule has 3 amide bonds. The predicted molar refractivity (Wildman–Crippen MR) is 131 cm³/mol. The number of aliphatic carboxylic acids is 1. The molecule has 1 aromatic rings. The molecular weight excluding hydrogens is 460 g/mol. The average Bonchev–Trinajstić information content (AvgIpc) is 2.83. The molecule has 0 aliphatic rings. The van der Waals surface area contributed by atoms with Crippen molar-refractivity contribution in [3.63, 3.8) is 0 Å². The molecule has 5 atom stereocenters. The molecule has 0 heterocycles. The van der Waals surface area contributed by atoms with E-state index in [1.165, 1.54) is 11.8 Å². The summed E-state index contributed by atoms with van der Waals surface area (Å²) in [6.07, 6.45) is 2.81. The highest BCUT2D eigenvalue weighted by Crippen LogP contribution is 2.08. The molecule has 0 saturated heterocycles. The maximum atomic E-state index is 13.0. The third kappa shape index (κ3) is 9.70. The van der Waals surface area contributed by atoms with Crippen molar-refractivity contribution in [3.05, 3.63) is 35.9 Å². The molecule has 0 fully saturated rings. The van der Waals surface area contributed by atoms with Crippen molar-refractivity contribution < 1.29 is 29.4 Å². The summed E-state index contributed by atoms with van der Waals surface area (Å²) < 4.78 is 0. The van der Waals surface area contributed by atoms with Crippen LogP contribution < -0.4 is 21.7 Å². The number of rotatable bonds is 15. The zero-order chi connectivity index (χ0) is 25.7. The number of carbonyl (C=O) groups excluding carboxylic acids is 3. The molecule has 1 aromatic carbocycles. The van der Waals surface area contributed by atoms with E-state index in [1.807, 2.05) is 26.2 Å². The van der Waals surface area contributed by atoms with Gasteiger partial charge in [0.15, 0.2) is 0 Å². The van der Waals surface area contributed by atoms with Gasteiger partial charge in [0.05, 0.1) is 12.6 Å². The van der Waals surface area contributed by atoms with E-state index >= 15 is 0 Å². The Hall–Kier alpha value is -2.63. The Balaban J connectivity index is 2.97. The van der Waals surface area contributed by atoms with Gasteiger partial charge in [0.2, 0.25) is 17.7 Å². The van der Waals surface area contributed by atoms with Crippen LogP contribution >= 0.6 is 11.8 Å². The van der Waals surface area contributed by atoms with Crippen LogP contribution in [0.25, 0.3) is 0 Å². The fourth-order valence-electron chi connectivity index (χ4n) is 3.07. The molecule has 5 unspecified atom stereocenters. The van der Waals surface area contributed by atoms with Gasteiger partial charge in [-0.15, -0.1) is 0 Å². The van der Waals surface area contributed by atoms with Gasteiger partial charge in [-0.05, 0) is 29.9 Å². The molecule has 0 bridgehead atoms. The van der Waals surface area contributed by atoms with Gasteiger partial charge in [-0.25, -0.2) is 4.79 Å². The monoisotopic (exact) mass is 496 g/mol. The summed E-state index contributed by atoms with van der Waals surface area (Å²) in [6, 6.07) is 4.57. The summed E-state index contributed by atoms with van der Waals surface area (Å²) in [5, 5.41) is 26.4. The second kappa shape index (κ2) is 15.3. The van der Waals surface area contributed by atoms with Crippen molar-refractivity contribution in [1.82, 2.24) is 16.0 Å². The number of carboxylic acids is 1. The first kappa shape index (κ1) is 29.4. The third-order valence-electron chi connectivity index (χ3n) is 5.52. The number of benzene rings is 1. The van der Waals surface area contributed by atoms with Crippen molar-refractivity contribution in [2.24, 2.45) is 11.7 Å². The molecule has 7 N–H and O–H groups in total. The van der Waals surface area contributed by atoms with E-state index < -0.39 is 54.5 Å². The zero-order valence-corrected chi connectivity index (χ0v) is 20.6. The summed E-state index contributed by atoms with van der Waals surface area (Å²) >= 11 is 1.43. The van der Waals surface area contributed by atoms with Crippen molar-refractivity contribution in [3.8, 4) is 0 Å². The van der Waals surface area contributed by atoms with Crippen LogP contribution in [0.5, 0.6) is 0 Å².